The highest BCUT2D eigenvalue weighted by atomic mass is 32.2. The molecule has 0 saturated heterocycles. The number of carbonyl (C=O) groups is 4. The van der Waals surface area contributed by atoms with Gasteiger partial charge in [-0.1, -0.05) is 27.7 Å². The molecule has 4 atom stereocenters. The molecule has 2 N–H and O–H groups in total. The van der Waals surface area contributed by atoms with E-state index in [2.05, 4.69) is 0 Å². The van der Waals surface area contributed by atoms with Gasteiger partial charge in [0.05, 0.1) is 25.7 Å². The summed E-state index contributed by atoms with van der Waals surface area (Å²) >= 11 is 3.01. The van der Waals surface area contributed by atoms with Gasteiger partial charge in [-0.3, -0.25) is 19.2 Å². The lowest BCUT2D eigenvalue weighted by Crippen LogP contribution is -2.21. The molecule has 0 bridgehead atoms. The molecule has 8 nitrogen and oxygen atoms in total. The van der Waals surface area contributed by atoms with Crippen molar-refractivity contribution >= 4 is 47.4 Å². The molecule has 186 valence electrons. The summed E-state index contributed by atoms with van der Waals surface area (Å²) in [4.78, 5) is 46.0. The van der Waals surface area contributed by atoms with Gasteiger partial charge in [-0.15, -0.1) is 0 Å². The van der Waals surface area contributed by atoms with E-state index in [0.717, 1.165) is 12.8 Å². The summed E-state index contributed by atoms with van der Waals surface area (Å²) in [6, 6.07) is 0. The number of ether oxygens (including phenoxy) is 2. The predicted molar refractivity (Wildman–Crippen MR) is 127 cm³/mol. The van der Waals surface area contributed by atoms with Crippen molar-refractivity contribution in [3.8, 4) is 0 Å². The zero-order valence-electron chi connectivity index (χ0n) is 19.5. The number of hydrogen-bond acceptors (Lipinski definition) is 8. The van der Waals surface area contributed by atoms with Gasteiger partial charge in [0.2, 0.25) is 0 Å². The molecule has 0 radical (unpaired) electrons. The van der Waals surface area contributed by atoms with E-state index in [4.69, 9.17) is 19.7 Å². The molecule has 0 aromatic heterocycles. The highest BCUT2D eigenvalue weighted by molar-refractivity contribution is 8.00. The van der Waals surface area contributed by atoms with E-state index in [1.165, 1.54) is 23.5 Å². The van der Waals surface area contributed by atoms with Crippen molar-refractivity contribution in [3.05, 3.63) is 0 Å². The van der Waals surface area contributed by atoms with Gasteiger partial charge in [0.25, 0.3) is 0 Å². The van der Waals surface area contributed by atoms with E-state index < -0.39 is 23.9 Å². The van der Waals surface area contributed by atoms with Gasteiger partial charge in [0.15, 0.2) is 0 Å². The van der Waals surface area contributed by atoms with Crippen molar-refractivity contribution < 1.29 is 38.9 Å². The summed E-state index contributed by atoms with van der Waals surface area (Å²) in [6.45, 7) is 7.69. The molecule has 0 aliphatic rings. The Morgan fingerprint density at radius 2 is 0.875 bits per heavy atom. The third-order valence-electron chi connectivity index (χ3n) is 4.79. The van der Waals surface area contributed by atoms with Crippen LogP contribution in [0.3, 0.4) is 0 Å². The minimum atomic E-state index is -0.848. The standard InChI is InChI=1S/C22H38O8S2/c1-5-15(11-19(23)24)31-17(7-3)13-21(27)29-9-10-30-22(28)14-18(8-4)32-16(6-2)12-20(25)26/h15-18H,5-14H2,1-4H3,(H,23,24)(H,25,26). The highest BCUT2D eigenvalue weighted by Gasteiger charge is 2.22. The molecule has 0 aliphatic heterocycles. The third kappa shape index (κ3) is 15.4. The molecule has 0 amide bonds. The Bertz CT molecular complexity index is 534. The molecule has 0 spiro atoms. The number of carbonyl (C=O) groups excluding carboxylic acids is 2. The lowest BCUT2D eigenvalue weighted by atomic mass is 10.2. The molecular formula is C22H38O8S2. The maximum atomic E-state index is 12.1. The van der Waals surface area contributed by atoms with Gasteiger partial charge in [0, 0.05) is 21.0 Å². The number of esters is 2. The molecule has 0 fully saturated rings. The minimum Gasteiger partial charge on any atom is -0.481 e. The second-order valence-corrected chi connectivity index (χ2v) is 10.6. The Labute approximate surface area is 199 Å². The number of aliphatic carboxylic acids is 2. The summed E-state index contributed by atoms with van der Waals surface area (Å²) in [5.41, 5.74) is 0. The first kappa shape index (κ1) is 30.6. The summed E-state index contributed by atoms with van der Waals surface area (Å²) in [7, 11) is 0. The second-order valence-electron chi connectivity index (χ2n) is 7.44. The average molecular weight is 495 g/mol. The molecule has 10 heteroatoms. The highest BCUT2D eigenvalue weighted by Crippen LogP contribution is 2.29. The molecule has 32 heavy (non-hydrogen) atoms. The number of carboxylic acids is 2. The Morgan fingerprint density at radius 3 is 1.12 bits per heavy atom. The predicted octanol–water partition coefficient (Wildman–Crippen LogP) is 4.38. The summed E-state index contributed by atoms with van der Waals surface area (Å²) < 4.78 is 10.3. The summed E-state index contributed by atoms with van der Waals surface area (Å²) in [5.74, 6) is -2.49. The minimum absolute atomic E-state index is 0.0194. The van der Waals surface area contributed by atoms with Crippen LogP contribution in [0.25, 0.3) is 0 Å². The Morgan fingerprint density at radius 1 is 0.594 bits per heavy atom. The average Bonchev–Trinajstić information content (AvgIpc) is 2.73. The van der Waals surface area contributed by atoms with E-state index in [1.807, 2.05) is 27.7 Å². The van der Waals surface area contributed by atoms with Crippen LogP contribution in [0.2, 0.25) is 0 Å². The SMILES string of the molecule is CCC(CC(=O)O)SC(CC)CC(=O)OCCOC(=O)CC(CC)SC(CC)CC(=O)O. The largest absolute Gasteiger partial charge is 0.481 e. The van der Waals surface area contributed by atoms with Crippen molar-refractivity contribution in [1.82, 2.24) is 0 Å². The monoisotopic (exact) mass is 494 g/mol. The van der Waals surface area contributed by atoms with Gasteiger partial charge in [-0.05, 0) is 25.7 Å². The van der Waals surface area contributed by atoms with Gasteiger partial charge in [0.1, 0.15) is 13.2 Å². The van der Waals surface area contributed by atoms with Crippen LogP contribution in [-0.2, 0) is 28.7 Å². The number of hydrogen-bond donors (Lipinski definition) is 2. The molecule has 0 aromatic rings. The summed E-state index contributed by atoms with van der Waals surface area (Å²) in [6.07, 6.45) is 3.37. The van der Waals surface area contributed by atoms with Crippen LogP contribution < -0.4 is 0 Å². The Hall–Kier alpha value is -1.42. The molecule has 0 heterocycles. The van der Waals surface area contributed by atoms with Crippen molar-refractivity contribution in [2.24, 2.45) is 0 Å². The molecule has 4 unspecified atom stereocenters. The second kappa shape index (κ2) is 18.1. The molecule has 0 aliphatic carbocycles. The van der Waals surface area contributed by atoms with Crippen molar-refractivity contribution in [2.75, 3.05) is 13.2 Å². The smallest absolute Gasteiger partial charge is 0.307 e. The van der Waals surface area contributed by atoms with Crippen LogP contribution in [0.15, 0.2) is 0 Å². The van der Waals surface area contributed by atoms with Crippen molar-refractivity contribution in [3.63, 3.8) is 0 Å². The van der Waals surface area contributed by atoms with Crippen molar-refractivity contribution in [1.29, 1.82) is 0 Å². The fraction of sp³-hybridized carbons (Fsp3) is 0.818. The fourth-order valence-corrected chi connectivity index (χ4v) is 5.69. The maximum absolute atomic E-state index is 12.1. The zero-order valence-corrected chi connectivity index (χ0v) is 21.2. The van der Waals surface area contributed by atoms with Crippen molar-refractivity contribution in [2.45, 2.75) is 100 Å². The maximum Gasteiger partial charge on any atom is 0.307 e. The molecule has 0 saturated carbocycles. The van der Waals surface area contributed by atoms with Gasteiger partial charge < -0.3 is 19.7 Å². The first-order valence-electron chi connectivity index (χ1n) is 11.2. The molecule has 0 aromatic carbocycles. The number of rotatable bonds is 19. The van der Waals surface area contributed by atoms with E-state index >= 15 is 0 Å². The first-order chi connectivity index (χ1) is 15.1. The number of carboxylic acid groups (broad SMARTS) is 2. The summed E-state index contributed by atoms with van der Waals surface area (Å²) in [5, 5.41) is 17.8. The van der Waals surface area contributed by atoms with Crippen LogP contribution in [0.4, 0.5) is 0 Å². The topological polar surface area (TPSA) is 127 Å². The lowest BCUT2D eigenvalue weighted by Gasteiger charge is -2.20. The van der Waals surface area contributed by atoms with Crippen LogP contribution in [0, 0.1) is 0 Å². The first-order valence-corrected chi connectivity index (χ1v) is 13.1. The van der Waals surface area contributed by atoms with E-state index in [0.29, 0.717) is 12.8 Å². The third-order valence-corrected chi connectivity index (χ3v) is 8.33. The Balaban J connectivity index is 4.27. The van der Waals surface area contributed by atoms with Crippen LogP contribution in [0.5, 0.6) is 0 Å². The zero-order chi connectivity index (χ0) is 24.5. The molecule has 0 rings (SSSR count). The van der Waals surface area contributed by atoms with Crippen LogP contribution >= 0.6 is 23.5 Å². The Kier molecular flexibility index (Phi) is 17.3. The fourth-order valence-electron chi connectivity index (χ4n) is 2.89. The van der Waals surface area contributed by atoms with Gasteiger partial charge in [-0.25, -0.2) is 0 Å². The van der Waals surface area contributed by atoms with E-state index in [1.54, 1.807) is 0 Å². The van der Waals surface area contributed by atoms with E-state index in [9.17, 15) is 19.2 Å². The van der Waals surface area contributed by atoms with Gasteiger partial charge >= 0.3 is 23.9 Å². The van der Waals surface area contributed by atoms with Crippen LogP contribution in [0.1, 0.15) is 79.1 Å². The molecular weight excluding hydrogens is 456 g/mol. The quantitative estimate of drug-likeness (QED) is 0.197. The normalized spacial score (nSPS) is 14.8. The number of thioether (sulfide) groups is 2. The van der Waals surface area contributed by atoms with E-state index in [-0.39, 0.29) is 59.9 Å². The van der Waals surface area contributed by atoms with Crippen LogP contribution in [-0.4, -0.2) is 68.3 Å². The lowest BCUT2D eigenvalue weighted by molar-refractivity contribution is -0.152. The van der Waals surface area contributed by atoms with Gasteiger partial charge in [-0.2, -0.15) is 23.5 Å².